The van der Waals surface area contributed by atoms with Crippen molar-refractivity contribution in [2.45, 2.75) is 71.2 Å². The molecule has 33 heavy (non-hydrogen) atoms. The van der Waals surface area contributed by atoms with E-state index in [1.165, 1.54) is 6.08 Å². The standard InChI is InChI=1S/C25H33FO7/c1-5-19(30)33-25(22(31)32-12-26)13(2)8-16-20-17(28)10-14-9-15(27)6-7-23(14,3)21(20)18(29)11-24(16,25)4/h6-7,9,13,16-18,20-21,28-29H,5,8,10-12H2,1-4H3/t13-,16-,17-,18-,20+,21-,23-,24-,25+/m0/s1. The van der Waals surface area contributed by atoms with E-state index < -0.39 is 65.2 Å². The fourth-order valence-electron chi connectivity index (χ4n) is 7.71. The van der Waals surface area contributed by atoms with Crippen LogP contribution in [0.2, 0.25) is 0 Å². The van der Waals surface area contributed by atoms with Crippen LogP contribution in [0.25, 0.3) is 0 Å². The van der Waals surface area contributed by atoms with Crippen LogP contribution in [0.5, 0.6) is 0 Å². The van der Waals surface area contributed by atoms with Crippen LogP contribution < -0.4 is 0 Å². The van der Waals surface area contributed by atoms with Crippen LogP contribution in [-0.4, -0.2) is 52.6 Å². The molecule has 9 atom stereocenters. The lowest BCUT2D eigenvalue weighted by Crippen LogP contribution is -2.65. The Morgan fingerprint density at radius 3 is 2.58 bits per heavy atom. The molecule has 0 spiro atoms. The molecule has 0 bridgehead atoms. The van der Waals surface area contributed by atoms with Gasteiger partial charge in [-0.3, -0.25) is 9.59 Å². The van der Waals surface area contributed by atoms with Crippen LogP contribution in [0, 0.1) is 34.5 Å². The zero-order valence-corrected chi connectivity index (χ0v) is 19.5. The maximum atomic E-state index is 13.2. The lowest BCUT2D eigenvalue weighted by Gasteiger charge is -2.60. The predicted molar refractivity (Wildman–Crippen MR) is 115 cm³/mol. The van der Waals surface area contributed by atoms with Gasteiger partial charge in [-0.1, -0.05) is 39.3 Å². The van der Waals surface area contributed by atoms with E-state index in [-0.39, 0.29) is 31.0 Å². The molecule has 4 aliphatic rings. The van der Waals surface area contributed by atoms with Crippen LogP contribution in [0.15, 0.2) is 23.8 Å². The molecule has 3 fully saturated rings. The second-order valence-electron chi connectivity index (χ2n) is 10.6. The number of hydrogen-bond donors (Lipinski definition) is 2. The molecule has 3 saturated carbocycles. The Bertz CT molecular complexity index is 928. The van der Waals surface area contributed by atoms with Crippen LogP contribution >= 0.6 is 0 Å². The first-order chi connectivity index (χ1) is 15.5. The summed E-state index contributed by atoms with van der Waals surface area (Å²) in [4.78, 5) is 37.7. The second kappa shape index (κ2) is 8.01. The lowest BCUT2D eigenvalue weighted by atomic mass is 9.45. The maximum absolute atomic E-state index is 13.2. The van der Waals surface area contributed by atoms with Gasteiger partial charge in [0, 0.05) is 29.1 Å². The molecule has 0 aromatic carbocycles. The zero-order chi connectivity index (χ0) is 24.3. The van der Waals surface area contributed by atoms with Crippen molar-refractivity contribution >= 4 is 17.7 Å². The number of aliphatic hydroxyl groups is 2. The van der Waals surface area contributed by atoms with Crippen LogP contribution in [0.1, 0.15) is 53.4 Å². The molecule has 0 heterocycles. The third-order valence-corrected chi connectivity index (χ3v) is 9.12. The highest BCUT2D eigenvalue weighted by molar-refractivity contribution is 6.01. The zero-order valence-electron chi connectivity index (χ0n) is 19.5. The fraction of sp³-hybridized carbons (Fsp3) is 0.720. The summed E-state index contributed by atoms with van der Waals surface area (Å²) >= 11 is 0. The van der Waals surface area contributed by atoms with E-state index in [0.29, 0.717) is 6.42 Å². The summed E-state index contributed by atoms with van der Waals surface area (Å²) in [5, 5.41) is 22.8. The monoisotopic (exact) mass is 464 g/mol. The van der Waals surface area contributed by atoms with Crippen molar-refractivity contribution in [2.24, 2.45) is 34.5 Å². The first kappa shape index (κ1) is 24.1. The number of esters is 2. The van der Waals surface area contributed by atoms with Gasteiger partial charge in [0.15, 0.2) is 5.78 Å². The van der Waals surface area contributed by atoms with Gasteiger partial charge in [-0.25, -0.2) is 9.18 Å². The highest BCUT2D eigenvalue weighted by Gasteiger charge is 2.74. The van der Waals surface area contributed by atoms with Crippen molar-refractivity contribution in [1.29, 1.82) is 0 Å². The molecule has 0 saturated heterocycles. The first-order valence-electron chi connectivity index (χ1n) is 11.7. The fourth-order valence-corrected chi connectivity index (χ4v) is 7.71. The van der Waals surface area contributed by atoms with Crippen molar-refractivity contribution in [3.8, 4) is 0 Å². The first-order valence-corrected chi connectivity index (χ1v) is 11.7. The van der Waals surface area contributed by atoms with Crippen LogP contribution in [-0.2, 0) is 23.9 Å². The summed E-state index contributed by atoms with van der Waals surface area (Å²) in [5.41, 5.74) is -2.67. The maximum Gasteiger partial charge on any atom is 0.353 e. The Morgan fingerprint density at radius 2 is 1.94 bits per heavy atom. The van der Waals surface area contributed by atoms with Gasteiger partial charge in [0.05, 0.1) is 12.2 Å². The highest BCUT2D eigenvalue weighted by atomic mass is 19.1. The Balaban J connectivity index is 1.83. The molecule has 0 radical (unpaired) electrons. The van der Waals surface area contributed by atoms with E-state index in [0.717, 1.165) is 5.57 Å². The van der Waals surface area contributed by atoms with Gasteiger partial charge in [0.25, 0.3) is 0 Å². The third-order valence-electron chi connectivity index (χ3n) is 9.12. The number of halogens is 1. The molecule has 0 aromatic rings. The number of hydrogen-bond acceptors (Lipinski definition) is 7. The normalized spacial score (nSPS) is 46.0. The summed E-state index contributed by atoms with van der Waals surface area (Å²) in [7, 11) is 0. The number of carbonyl (C=O) groups is 3. The van der Waals surface area contributed by atoms with E-state index >= 15 is 0 Å². The molecule has 0 aromatic heterocycles. The summed E-state index contributed by atoms with van der Waals surface area (Å²) in [6, 6.07) is 0. The third kappa shape index (κ3) is 3.16. The SMILES string of the molecule is CCC(=O)O[C@@]1(C(=O)OCF)[C@@H](C)C[C@H]2[C@H]3[C@H]([C@@H](O)C[C@@]21C)[C@@]1(C)C=CC(=O)C=C1C[C@@H]3O. The van der Waals surface area contributed by atoms with Gasteiger partial charge < -0.3 is 19.7 Å². The number of rotatable bonds is 4. The number of carbonyl (C=O) groups excluding carboxylic acids is 3. The molecular weight excluding hydrogens is 431 g/mol. The van der Waals surface area contributed by atoms with Gasteiger partial charge >= 0.3 is 11.9 Å². The smallest absolute Gasteiger partial charge is 0.353 e. The average molecular weight is 465 g/mol. The van der Waals surface area contributed by atoms with Crippen molar-refractivity contribution in [3.05, 3.63) is 23.8 Å². The van der Waals surface area contributed by atoms with E-state index in [1.807, 2.05) is 13.0 Å². The molecule has 182 valence electrons. The minimum absolute atomic E-state index is 0.0282. The minimum Gasteiger partial charge on any atom is -0.446 e. The van der Waals surface area contributed by atoms with Crippen LogP contribution in [0.4, 0.5) is 4.39 Å². The second-order valence-corrected chi connectivity index (χ2v) is 10.6. The Hall–Kier alpha value is -2.06. The summed E-state index contributed by atoms with van der Waals surface area (Å²) < 4.78 is 23.7. The Labute approximate surface area is 193 Å². The van der Waals surface area contributed by atoms with Crippen molar-refractivity contribution in [3.63, 3.8) is 0 Å². The topological polar surface area (TPSA) is 110 Å². The van der Waals surface area contributed by atoms with Gasteiger partial charge in [0.2, 0.25) is 12.5 Å². The van der Waals surface area contributed by atoms with Crippen LogP contribution in [0.3, 0.4) is 0 Å². The average Bonchev–Trinajstić information content (AvgIpc) is 2.96. The summed E-state index contributed by atoms with van der Waals surface area (Å²) in [6.07, 6.45) is 3.91. The van der Waals surface area contributed by atoms with E-state index in [1.54, 1.807) is 26.8 Å². The predicted octanol–water partition coefficient (Wildman–Crippen LogP) is 2.64. The number of ether oxygens (including phenoxy) is 2. The minimum atomic E-state index is -1.77. The molecule has 0 unspecified atom stereocenters. The van der Waals surface area contributed by atoms with Crippen molar-refractivity contribution < 1.29 is 38.5 Å². The number of ketones is 1. The molecule has 0 amide bonds. The van der Waals surface area contributed by atoms with E-state index in [2.05, 4.69) is 0 Å². The lowest BCUT2D eigenvalue weighted by molar-refractivity contribution is -0.225. The van der Waals surface area contributed by atoms with E-state index in [9.17, 15) is 29.0 Å². The van der Waals surface area contributed by atoms with Gasteiger partial charge in [-0.05, 0) is 43.3 Å². The molecule has 2 N–H and O–H groups in total. The van der Waals surface area contributed by atoms with Gasteiger partial charge in [-0.15, -0.1) is 0 Å². The van der Waals surface area contributed by atoms with E-state index in [4.69, 9.17) is 9.47 Å². The Morgan fingerprint density at radius 1 is 1.24 bits per heavy atom. The largest absolute Gasteiger partial charge is 0.446 e. The molecule has 0 aliphatic heterocycles. The number of allylic oxidation sites excluding steroid dienone is 3. The van der Waals surface area contributed by atoms with Crippen molar-refractivity contribution in [1.82, 2.24) is 0 Å². The molecule has 4 aliphatic carbocycles. The quantitative estimate of drug-likeness (QED) is 0.616. The molecular formula is C25H33FO7. The summed E-state index contributed by atoms with van der Waals surface area (Å²) in [6.45, 7) is 5.79. The molecule has 4 rings (SSSR count). The summed E-state index contributed by atoms with van der Waals surface area (Å²) in [5.74, 6) is -3.30. The number of fused-ring (bicyclic) bond motifs is 5. The molecule has 7 nitrogen and oxygen atoms in total. The number of aliphatic hydroxyl groups excluding tert-OH is 2. The van der Waals surface area contributed by atoms with Crippen molar-refractivity contribution in [2.75, 3.05) is 6.86 Å². The van der Waals surface area contributed by atoms with Gasteiger partial charge in [0.1, 0.15) is 0 Å². The Kier molecular flexibility index (Phi) is 5.85. The molecule has 8 heteroatoms. The highest BCUT2D eigenvalue weighted by Crippen LogP contribution is 2.69. The van der Waals surface area contributed by atoms with Gasteiger partial charge in [-0.2, -0.15) is 0 Å². The number of alkyl halides is 1.